The first kappa shape index (κ1) is 10.6. The van der Waals surface area contributed by atoms with Gasteiger partial charge in [0.15, 0.2) is 0 Å². The number of hydrogen-bond donors (Lipinski definition) is 0. The quantitative estimate of drug-likeness (QED) is 0.548. The van der Waals surface area contributed by atoms with Gasteiger partial charge in [-0.2, -0.15) is 0 Å². The van der Waals surface area contributed by atoms with Crippen LogP contribution in [0.15, 0.2) is 0 Å². The molecule has 17 heavy (non-hydrogen) atoms. The Balaban J connectivity index is 4.81. The van der Waals surface area contributed by atoms with Crippen LogP contribution in [0.5, 0.6) is 0 Å². The summed E-state index contributed by atoms with van der Waals surface area (Å²) in [6, 6.07) is 0. The van der Waals surface area contributed by atoms with E-state index in [1.54, 1.807) is 20.8 Å². The molecule has 6 heteroatoms. The fourth-order valence-corrected chi connectivity index (χ4v) is 0.838. The summed E-state index contributed by atoms with van der Waals surface area (Å²) < 4.78 is 30.9. The second-order valence-corrected chi connectivity index (χ2v) is 4.30. The molecule has 0 unspecified atom stereocenters. The molecule has 0 aromatic rings. The van der Waals surface area contributed by atoms with Crippen molar-refractivity contribution in [2.45, 2.75) is 32.8 Å². The number of rotatable bonds is 4. The largest absolute Gasteiger partial charge is 0.463 e. The Labute approximate surface area is 105 Å². The number of carbonyl (C=O) groups is 3. The Morgan fingerprint density at radius 3 is 2.29 bits per heavy atom. The summed E-state index contributed by atoms with van der Waals surface area (Å²) in [6.07, 6.45) is -1.53. The summed E-state index contributed by atoms with van der Waals surface area (Å²) in [6.45, 7) is 1.53. The zero-order valence-corrected chi connectivity index (χ0v) is 10.4. The minimum Gasteiger partial charge on any atom is -0.463 e. The number of carbonyl (C=O) groups excluding carboxylic acids is 3. The highest BCUT2D eigenvalue weighted by Gasteiger charge is 2.21. The van der Waals surface area contributed by atoms with Crippen LogP contribution in [0, 0.1) is 0 Å². The predicted molar refractivity (Wildman–Crippen MR) is 60.5 cm³/mol. The molecular formula is C11H19NO5. The first-order valence-electron chi connectivity index (χ1n) is 6.50. The van der Waals surface area contributed by atoms with Gasteiger partial charge in [0.2, 0.25) is 5.78 Å². The van der Waals surface area contributed by atoms with Crippen LogP contribution in [0.4, 0.5) is 4.79 Å². The minimum atomic E-state index is -2.77. The second-order valence-electron chi connectivity index (χ2n) is 4.30. The van der Waals surface area contributed by atoms with Crippen molar-refractivity contribution < 1.29 is 28.0 Å². The normalized spacial score (nSPS) is 14.0. The van der Waals surface area contributed by atoms with Crippen molar-refractivity contribution in [1.29, 1.82) is 0 Å². The molecule has 0 aliphatic heterocycles. The number of ketones is 1. The molecular weight excluding hydrogens is 226 g/mol. The average Bonchev–Trinajstić information content (AvgIpc) is 2.23. The molecule has 0 spiro atoms. The Bertz CT molecular complexity index is 387. The van der Waals surface area contributed by atoms with Crippen LogP contribution in [-0.2, 0) is 19.1 Å². The van der Waals surface area contributed by atoms with Gasteiger partial charge in [0.05, 0.1) is 7.11 Å². The molecule has 0 rings (SSSR count). The molecule has 98 valence electrons. The molecule has 0 aliphatic carbocycles. The lowest BCUT2D eigenvalue weighted by atomic mass is 10.2. The molecule has 0 radical (unpaired) electrons. The maximum atomic E-state index is 11.8. The fraction of sp³-hybridized carbons (Fsp3) is 0.727. The molecule has 0 fully saturated rings. The molecule has 0 heterocycles. The van der Waals surface area contributed by atoms with Gasteiger partial charge < -0.3 is 14.4 Å². The predicted octanol–water partition coefficient (Wildman–Crippen LogP) is 0.985. The molecule has 0 saturated heterocycles. The third-order valence-electron chi connectivity index (χ3n) is 1.59. The van der Waals surface area contributed by atoms with Crippen LogP contribution in [0.2, 0.25) is 0 Å². The molecule has 0 bridgehead atoms. The number of nitrogens with zero attached hydrogens (tertiary/aromatic N) is 1. The van der Waals surface area contributed by atoms with Gasteiger partial charge >= 0.3 is 12.1 Å². The van der Waals surface area contributed by atoms with E-state index >= 15 is 0 Å². The van der Waals surface area contributed by atoms with Gasteiger partial charge in [-0.1, -0.05) is 0 Å². The Morgan fingerprint density at radius 2 is 1.88 bits per heavy atom. The Hall–Kier alpha value is -1.59. The van der Waals surface area contributed by atoms with Gasteiger partial charge in [-0.25, -0.2) is 9.59 Å². The van der Waals surface area contributed by atoms with Gasteiger partial charge in [-0.15, -0.1) is 0 Å². The average molecular weight is 248 g/mol. The number of amides is 1. The molecule has 0 aromatic carbocycles. The van der Waals surface area contributed by atoms with Gasteiger partial charge in [-0.3, -0.25) is 4.79 Å². The zero-order valence-electron chi connectivity index (χ0n) is 13.4. The van der Waals surface area contributed by atoms with E-state index in [0.29, 0.717) is 4.90 Å². The maximum absolute atomic E-state index is 11.8. The van der Waals surface area contributed by atoms with Gasteiger partial charge in [0.25, 0.3) is 0 Å². The summed E-state index contributed by atoms with van der Waals surface area (Å²) in [5.41, 5.74) is -0.868. The van der Waals surface area contributed by atoms with Crippen LogP contribution in [0.3, 0.4) is 0 Å². The van der Waals surface area contributed by atoms with Crippen molar-refractivity contribution in [2.75, 3.05) is 20.6 Å². The van der Waals surface area contributed by atoms with E-state index < -0.39 is 43.4 Å². The lowest BCUT2D eigenvalue weighted by molar-refractivity contribution is -0.151. The molecule has 0 N–H and O–H groups in total. The topological polar surface area (TPSA) is 72.9 Å². The lowest BCUT2D eigenvalue weighted by Gasteiger charge is -2.24. The maximum Gasteiger partial charge on any atom is 0.410 e. The van der Waals surface area contributed by atoms with Crippen molar-refractivity contribution in [2.24, 2.45) is 0 Å². The van der Waals surface area contributed by atoms with Crippen LogP contribution < -0.4 is 0 Å². The van der Waals surface area contributed by atoms with E-state index in [2.05, 4.69) is 4.74 Å². The summed E-state index contributed by atoms with van der Waals surface area (Å²) in [5, 5.41) is 0. The monoisotopic (exact) mass is 248 g/mol. The zero-order chi connectivity index (χ0) is 16.1. The summed E-state index contributed by atoms with van der Waals surface area (Å²) in [5.74, 6) is -2.00. The number of Topliss-reactive ketones (excluding diaryl/α,β-unsaturated/α-hetero) is 1. The minimum absolute atomic E-state index is 0.430. The van der Waals surface area contributed by atoms with Crippen molar-refractivity contribution in [3.05, 3.63) is 0 Å². The number of hydrogen-bond acceptors (Lipinski definition) is 5. The molecule has 0 aromatic heterocycles. The summed E-state index contributed by atoms with van der Waals surface area (Å²) >= 11 is 0. The highest BCUT2D eigenvalue weighted by atomic mass is 16.6. The first-order valence-corrected chi connectivity index (χ1v) is 5.00. The number of methoxy groups -OCH3 is 1. The Kier molecular flexibility index (Phi) is 3.86. The SMILES string of the molecule is [2H]C([2H])([2H])N(CCC(=O)C(=O)OC)C(=O)OC(C)(C)C. The molecule has 0 aliphatic rings. The van der Waals surface area contributed by atoms with Crippen LogP contribution in [0.1, 0.15) is 31.3 Å². The molecule has 6 nitrogen and oxygen atoms in total. The van der Waals surface area contributed by atoms with Crippen LogP contribution in [-0.4, -0.2) is 49.0 Å². The van der Waals surface area contributed by atoms with Crippen molar-refractivity contribution in [1.82, 2.24) is 4.90 Å². The van der Waals surface area contributed by atoms with E-state index in [-0.39, 0.29) is 0 Å². The van der Waals surface area contributed by atoms with Crippen molar-refractivity contribution >= 4 is 17.8 Å². The van der Waals surface area contributed by atoms with Crippen LogP contribution >= 0.6 is 0 Å². The van der Waals surface area contributed by atoms with Gasteiger partial charge in [0.1, 0.15) is 5.60 Å². The fourth-order valence-electron chi connectivity index (χ4n) is 0.838. The lowest BCUT2D eigenvalue weighted by Crippen LogP contribution is -2.36. The van der Waals surface area contributed by atoms with Gasteiger partial charge in [-0.05, 0) is 20.8 Å². The highest BCUT2D eigenvalue weighted by Crippen LogP contribution is 2.09. The van der Waals surface area contributed by atoms with Crippen molar-refractivity contribution in [3.8, 4) is 0 Å². The second kappa shape index (κ2) is 6.22. The molecule has 0 saturated carbocycles. The molecule has 1 amide bonds. The van der Waals surface area contributed by atoms with E-state index in [1.807, 2.05) is 0 Å². The van der Waals surface area contributed by atoms with E-state index in [0.717, 1.165) is 7.11 Å². The van der Waals surface area contributed by atoms with E-state index in [9.17, 15) is 14.4 Å². The Morgan fingerprint density at radius 1 is 1.29 bits per heavy atom. The summed E-state index contributed by atoms with van der Waals surface area (Å²) in [7, 11) is 1.04. The van der Waals surface area contributed by atoms with Gasteiger partial charge in [0, 0.05) is 24.1 Å². The van der Waals surface area contributed by atoms with E-state index in [1.165, 1.54) is 0 Å². The number of ether oxygens (including phenoxy) is 2. The third-order valence-corrected chi connectivity index (χ3v) is 1.59. The first-order chi connectivity index (χ1) is 8.88. The molecule has 0 atom stereocenters. The summed E-state index contributed by atoms with van der Waals surface area (Å²) in [4.78, 5) is 34.4. The highest BCUT2D eigenvalue weighted by molar-refractivity contribution is 6.33. The smallest absolute Gasteiger partial charge is 0.410 e. The van der Waals surface area contributed by atoms with E-state index in [4.69, 9.17) is 8.85 Å². The standard InChI is InChI=1S/C11H19NO5/c1-11(2,3)17-10(15)12(4)7-6-8(13)9(14)16-5/h6-7H2,1-5H3/i4D3. The number of esters is 1. The van der Waals surface area contributed by atoms with Crippen LogP contribution in [0.25, 0.3) is 0 Å². The third kappa shape index (κ3) is 6.55. The van der Waals surface area contributed by atoms with Crippen molar-refractivity contribution in [3.63, 3.8) is 0 Å².